The fourth-order valence-corrected chi connectivity index (χ4v) is 2.89. The average molecular weight is 356 g/mol. The van der Waals surface area contributed by atoms with Gasteiger partial charge < -0.3 is 15.1 Å². The molecule has 1 aromatic carbocycles. The highest BCUT2D eigenvalue weighted by atomic mass is 19.1. The van der Waals surface area contributed by atoms with E-state index in [1.165, 1.54) is 6.07 Å². The van der Waals surface area contributed by atoms with Crippen molar-refractivity contribution in [3.63, 3.8) is 0 Å². The second-order valence-electron chi connectivity index (χ2n) is 6.13. The molecule has 3 rings (SSSR count). The summed E-state index contributed by atoms with van der Waals surface area (Å²) >= 11 is 0. The van der Waals surface area contributed by atoms with Crippen molar-refractivity contribution in [1.82, 2.24) is 14.8 Å². The molecule has 0 bridgehead atoms. The highest BCUT2D eigenvalue weighted by molar-refractivity contribution is 5.93. The molecule has 1 saturated heterocycles. The van der Waals surface area contributed by atoms with Gasteiger partial charge in [-0.25, -0.2) is 4.39 Å². The summed E-state index contributed by atoms with van der Waals surface area (Å²) in [5.74, 6) is -0.359. The van der Waals surface area contributed by atoms with Crippen molar-refractivity contribution >= 4 is 18.0 Å². The van der Waals surface area contributed by atoms with Crippen LogP contribution in [0.3, 0.4) is 0 Å². The zero-order chi connectivity index (χ0) is 18.4. The summed E-state index contributed by atoms with van der Waals surface area (Å²) in [7, 11) is 0. The number of pyridine rings is 1. The molecule has 1 aliphatic heterocycles. The van der Waals surface area contributed by atoms with Gasteiger partial charge in [0.2, 0.25) is 6.41 Å². The number of anilines is 1. The van der Waals surface area contributed by atoms with Gasteiger partial charge in [0, 0.05) is 44.6 Å². The number of piperazine rings is 1. The molecule has 2 heterocycles. The number of carbonyl (C=O) groups is 2. The van der Waals surface area contributed by atoms with Crippen LogP contribution in [-0.2, 0) is 11.2 Å². The van der Waals surface area contributed by atoms with Crippen LogP contribution in [0.1, 0.15) is 16.1 Å². The summed E-state index contributed by atoms with van der Waals surface area (Å²) in [6.07, 6.45) is 2.94. The third-order valence-electron chi connectivity index (χ3n) is 4.41. The van der Waals surface area contributed by atoms with E-state index in [9.17, 15) is 14.0 Å². The number of rotatable bonds is 6. The number of nitrogens with one attached hydrogen (secondary N) is 1. The summed E-state index contributed by atoms with van der Waals surface area (Å²) < 4.78 is 13.6. The fraction of sp³-hybridized carbons (Fsp3) is 0.316. The van der Waals surface area contributed by atoms with Crippen LogP contribution in [0.2, 0.25) is 0 Å². The van der Waals surface area contributed by atoms with Gasteiger partial charge in [0.25, 0.3) is 5.91 Å². The lowest BCUT2D eigenvalue weighted by molar-refractivity contribution is -0.119. The lowest BCUT2D eigenvalue weighted by Crippen LogP contribution is -2.48. The van der Waals surface area contributed by atoms with E-state index >= 15 is 0 Å². The van der Waals surface area contributed by atoms with Crippen molar-refractivity contribution in [3.8, 4) is 0 Å². The van der Waals surface area contributed by atoms with Crippen molar-refractivity contribution in [2.75, 3.05) is 38.0 Å². The van der Waals surface area contributed by atoms with Gasteiger partial charge in [-0.3, -0.25) is 14.6 Å². The molecule has 7 heteroatoms. The number of aromatic nitrogens is 1. The predicted octanol–water partition coefficient (Wildman–Crippen LogP) is 1.79. The first-order chi connectivity index (χ1) is 12.7. The third-order valence-corrected chi connectivity index (χ3v) is 4.41. The molecule has 26 heavy (non-hydrogen) atoms. The lowest BCUT2D eigenvalue weighted by Gasteiger charge is -2.32. The molecule has 0 radical (unpaired) electrons. The standard InChI is InChI=1S/C19H21FN4O2/c20-17-4-2-1-3-15(17)5-7-21-16-6-8-22-18(13-16)19(26)24-11-9-23(14-25)10-12-24/h1-4,6,8,13-14H,5,7,9-12H2,(H,21,22). The Balaban J connectivity index is 1.57. The molecule has 2 aromatic rings. The molecule has 136 valence electrons. The Morgan fingerprint density at radius 1 is 1.19 bits per heavy atom. The summed E-state index contributed by atoms with van der Waals surface area (Å²) in [5.41, 5.74) is 1.78. The van der Waals surface area contributed by atoms with Crippen molar-refractivity contribution in [2.45, 2.75) is 6.42 Å². The fourth-order valence-electron chi connectivity index (χ4n) is 2.89. The maximum absolute atomic E-state index is 13.6. The van der Waals surface area contributed by atoms with Crippen molar-refractivity contribution in [3.05, 3.63) is 59.7 Å². The van der Waals surface area contributed by atoms with Gasteiger partial charge in [-0.1, -0.05) is 18.2 Å². The van der Waals surface area contributed by atoms with Crippen LogP contribution in [0.15, 0.2) is 42.6 Å². The van der Waals surface area contributed by atoms with Gasteiger partial charge in [-0.15, -0.1) is 0 Å². The van der Waals surface area contributed by atoms with E-state index in [-0.39, 0.29) is 11.7 Å². The molecule has 1 aromatic heterocycles. The highest BCUT2D eigenvalue weighted by Gasteiger charge is 2.22. The zero-order valence-corrected chi connectivity index (χ0v) is 14.4. The summed E-state index contributed by atoms with van der Waals surface area (Å²) in [4.78, 5) is 30.8. The predicted molar refractivity (Wildman–Crippen MR) is 96.4 cm³/mol. The molecule has 1 aliphatic rings. The van der Waals surface area contributed by atoms with Crippen LogP contribution >= 0.6 is 0 Å². The average Bonchev–Trinajstić information content (AvgIpc) is 2.69. The van der Waals surface area contributed by atoms with Gasteiger partial charge in [-0.05, 0) is 30.2 Å². The monoisotopic (exact) mass is 356 g/mol. The Morgan fingerprint density at radius 3 is 2.69 bits per heavy atom. The minimum atomic E-state index is -0.214. The first-order valence-corrected chi connectivity index (χ1v) is 8.59. The largest absolute Gasteiger partial charge is 0.385 e. The Kier molecular flexibility index (Phi) is 5.78. The first kappa shape index (κ1) is 17.8. The molecule has 0 spiro atoms. The van der Waals surface area contributed by atoms with E-state index in [0.29, 0.717) is 50.4 Å². The van der Waals surface area contributed by atoms with E-state index < -0.39 is 0 Å². The Morgan fingerprint density at radius 2 is 1.96 bits per heavy atom. The van der Waals surface area contributed by atoms with Crippen molar-refractivity contribution in [2.24, 2.45) is 0 Å². The van der Waals surface area contributed by atoms with Crippen LogP contribution < -0.4 is 5.32 Å². The van der Waals surface area contributed by atoms with Gasteiger partial charge in [-0.2, -0.15) is 0 Å². The van der Waals surface area contributed by atoms with Gasteiger partial charge in [0.1, 0.15) is 11.5 Å². The van der Waals surface area contributed by atoms with E-state index in [2.05, 4.69) is 10.3 Å². The molecule has 2 amide bonds. The molecule has 0 aliphatic carbocycles. The first-order valence-electron chi connectivity index (χ1n) is 8.59. The summed E-state index contributed by atoms with van der Waals surface area (Å²) in [6.45, 7) is 2.64. The van der Waals surface area contributed by atoms with Gasteiger partial charge in [0.05, 0.1) is 0 Å². The number of carbonyl (C=O) groups excluding carboxylic acids is 2. The Labute approximate surface area is 151 Å². The van der Waals surface area contributed by atoms with Gasteiger partial charge >= 0.3 is 0 Å². The topological polar surface area (TPSA) is 65.5 Å². The number of hydrogen-bond acceptors (Lipinski definition) is 4. The zero-order valence-electron chi connectivity index (χ0n) is 14.4. The second-order valence-corrected chi connectivity index (χ2v) is 6.13. The molecule has 0 atom stereocenters. The molecule has 0 unspecified atom stereocenters. The highest BCUT2D eigenvalue weighted by Crippen LogP contribution is 2.13. The minimum Gasteiger partial charge on any atom is -0.385 e. The maximum Gasteiger partial charge on any atom is 0.272 e. The maximum atomic E-state index is 13.6. The number of nitrogens with zero attached hydrogens (tertiary/aromatic N) is 3. The van der Waals surface area contributed by atoms with Crippen LogP contribution in [0.25, 0.3) is 0 Å². The van der Waals surface area contributed by atoms with Crippen LogP contribution in [0.5, 0.6) is 0 Å². The van der Waals surface area contributed by atoms with Crippen LogP contribution in [-0.4, -0.2) is 59.8 Å². The lowest BCUT2D eigenvalue weighted by atomic mass is 10.1. The van der Waals surface area contributed by atoms with Crippen LogP contribution in [0.4, 0.5) is 10.1 Å². The number of hydrogen-bond donors (Lipinski definition) is 1. The second kappa shape index (κ2) is 8.42. The van der Waals surface area contributed by atoms with E-state index in [0.717, 1.165) is 12.1 Å². The summed E-state index contributed by atoms with van der Waals surface area (Å²) in [6, 6.07) is 10.2. The van der Waals surface area contributed by atoms with Gasteiger partial charge in [0.15, 0.2) is 0 Å². The van der Waals surface area contributed by atoms with Crippen molar-refractivity contribution < 1.29 is 14.0 Å². The Hall–Kier alpha value is -2.96. The minimum absolute atomic E-state index is 0.145. The van der Waals surface area contributed by atoms with Crippen molar-refractivity contribution in [1.29, 1.82) is 0 Å². The smallest absolute Gasteiger partial charge is 0.272 e. The third kappa shape index (κ3) is 4.36. The quantitative estimate of drug-likeness (QED) is 0.802. The number of amides is 2. The number of benzene rings is 1. The summed E-state index contributed by atoms with van der Waals surface area (Å²) in [5, 5.41) is 3.20. The van der Waals surface area contributed by atoms with Crippen LogP contribution in [0, 0.1) is 5.82 Å². The van der Waals surface area contributed by atoms with E-state index in [4.69, 9.17) is 0 Å². The molecule has 1 fully saturated rings. The van der Waals surface area contributed by atoms with E-state index in [1.54, 1.807) is 40.3 Å². The molecule has 6 nitrogen and oxygen atoms in total. The normalized spacial score (nSPS) is 14.2. The molecule has 0 saturated carbocycles. The number of halogens is 1. The SMILES string of the molecule is O=CN1CCN(C(=O)c2cc(NCCc3ccccc3F)ccn2)CC1. The molecule has 1 N–H and O–H groups in total. The Bertz CT molecular complexity index is 776. The molecular weight excluding hydrogens is 335 g/mol. The van der Waals surface area contributed by atoms with E-state index in [1.807, 2.05) is 6.07 Å². The molecular formula is C19H21FN4O2.